The zero-order valence-electron chi connectivity index (χ0n) is 7.96. The van der Waals surface area contributed by atoms with Gasteiger partial charge in [-0.05, 0) is 24.6 Å². The number of hydrogen-bond acceptors (Lipinski definition) is 0. The summed E-state index contributed by atoms with van der Waals surface area (Å²) in [6.07, 6.45) is 6.33. The molecule has 0 saturated heterocycles. The minimum absolute atomic E-state index is 1.07. The standard InChI is InChI=1S/C13H14/c1-2-3-4-5-7-10-13-11-8-6-9-12-13/h4-6,8-9,11-12H,2-3H2,1H3/b5-4+. The highest BCUT2D eigenvalue weighted by Crippen LogP contribution is 1.94. The third-order valence-corrected chi connectivity index (χ3v) is 1.65. The highest BCUT2D eigenvalue weighted by Gasteiger charge is 1.78. The Bertz CT molecular complexity index is 309. The number of unbranched alkanes of at least 4 members (excludes halogenated alkanes) is 1. The smallest absolute Gasteiger partial charge is 0.0248 e. The quantitative estimate of drug-likeness (QED) is 0.597. The van der Waals surface area contributed by atoms with Crippen molar-refractivity contribution in [3.63, 3.8) is 0 Å². The monoisotopic (exact) mass is 170 g/mol. The van der Waals surface area contributed by atoms with Crippen LogP contribution in [0.1, 0.15) is 25.3 Å². The van der Waals surface area contributed by atoms with Crippen LogP contribution in [-0.2, 0) is 0 Å². The number of allylic oxidation sites excluding steroid dienone is 2. The zero-order valence-corrected chi connectivity index (χ0v) is 7.96. The molecule has 0 bridgehead atoms. The van der Waals surface area contributed by atoms with E-state index in [1.54, 1.807) is 0 Å². The normalized spacial score (nSPS) is 9.62. The van der Waals surface area contributed by atoms with E-state index in [9.17, 15) is 0 Å². The first-order valence-electron chi connectivity index (χ1n) is 4.65. The van der Waals surface area contributed by atoms with Gasteiger partial charge in [0.25, 0.3) is 0 Å². The zero-order chi connectivity index (χ0) is 9.36. The van der Waals surface area contributed by atoms with Gasteiger partial charge in [-0.1, -0.05) is 49.5 Å². The predicted octanol–water partition coefficient (Wildman–Crippen LogP) is 3.39. The van der Waals surface area contributed by atoms with E-state index < -0.39 is 0 Å². The summed E-state index contributed by atoms with van der Waals surface area (Å²) < 4.78 is 0. The molecule has 0 aliphatic rings. The van der Waals surface area contributed by atoms with Gasteiger partial charge in [0.1, 0.15) is 0 Å². The molecule has 0 aliphatic heterocycles. The Labute approximate surface area is 80.3 Å². The summed E-state index contributed by atoms with van der Waals surface area (Å²) in [7, 11) is 0. The van der Waals surface area contributed by atoms with Crippen LogP contribution in [-0.4, -0.2) is 0 Å². The third kappa shape index (κ3) is 4.18. The van der Waals surface area contributed by atoms with Crippen LogP contribution in [0.25, 0.3) is 0 Å². The summed E-state index contributed by atoms with van der Waals surface area (Å²) in [5.41, 5.74) is 1.07. The van der Waals surface area contributed by atoms with Crippen LogP contribution >= 0.6 is 0 Å². The molecule has 0 aromatic heterocycles. The van der Waals surface area contributed by atoms with Crippen molar-refractivity contribution in [1.82, 2.24) is 0 Å². The van der Waals surface area contributed by atoms with Gasteiger partial charge < -0.3 is 0 Å². The highest BCUT2D eigenvalue weighted by atomic mass is 13.8. The number of hydrogen-bond donors (Lipinski definition) is 0. The molecule has 0 fully saturated rings. The minimum Gasteiger partial charge on any atom is -0.0762 e. The van der Waals surface area contributed by atoms with Gasteiger partial charge in [-0.25, -0.2) is 0 Å². The van der Waals surface area contributed by atoms with Crippen molar-refractivity contribution in [2.45, 2.75) is 19.8 Å². The Morgan fingerprint density at radius 2 is 2.00 bits per heavy atom. The second-order valence-electron chi connectivity index (χ2n) is 2.83. The predicted molar refractivity (Wildman–Crippen MR) is 57.4 cm³/mol. The average molecular weight is 170 g/mol. The van der Waals surface area contributed by atoms with E-state index in [1.165, 1.54) is 6.42 Å². The van der Waals surface area contributed by atoms with Crippen molar-refractivity contribution in [2.24, 2.45) is 0 Å². The van der Waals surface area contributed by atoms with E-state index in [2.05, 4.69) is 24.8 Å². The summed E-state index contributed by atoms with van der Waals surface area (Å²) in [4.78, 5) is 0. The van der Waals surface area contributed by atoms with Gasteiger partial charge in [0.15, 0.2) is 0 Å². The fourth-order valence-corrected chi connectivity index (χ4v) is 0.955. The van der Waals surface area contributed by atoms with Gasteiger partial charge in [0.2, 0.25) is 0 Å². The molecule has 1 aromatic carbocycles. The molecule has 0 amide bonds. The first-order valence-corrected chi connectivity index (χ1v) is 4.65. The van der Waals surface area contributed by atoms with Crippen molar-refractivity contribution in [3.8, 4) is 11.8 Å². The first-order chi connectivity index (χ1) is 6.43. The Kier molecular flexibility index (Phi) is 4.49. The highest BCUT2D eigenvalue weighted by molar-refractivity contribution is 5.36. The second-order valence-corrected chi connectivity index (χ2v) is 2.83. The van der Waals surface area contributed by atoms with Crippen LogP contribution in [0.15, 0.2) is 42.5 Å². The number of benzene rings is 1. The molecule has 0 saturated carbocycles. The maximum Gasteiger partial charge on any atom is 0.0248 e. The van der Waals surface area contributed by atoms with E-state index in [0.29, 0.717) is 0 Å². The molecule has 0 aliphatic carbocycles. The molecule has 13 heavy (non-hydrogen) atoms. The van der Waals surface area contributed by atoms with Gasteiger partial charge in [0.05, 0.1) is 0 Å². The van der Waals surface area contributed by atoms with Crippen LogP contribution in [0.4, 0.5) is 0 Å². The van der Waals surface area contributed by atoms with Crippen molar-refractivity contribution >= 4 is 0 Å². The minimum atomic E-state index is 1.07. The lowest BCUT2D eigenvalue weighted by Crippen LogP contribution is -1.69. The van der Waals surface area contributed by atoms with Gasteiger partial charge in [-0.3, -0.25) is 0 Å². The topological polar surface area (TPSA) is 0 Å². The van der Waals surface area contributed by atoms with E-state index in [1.807, 2.05) is 36.4 Å². The molecular formula is C13H14. The Balaban J connectivity index is 2.49. The van der Waals surface area contributed by atoms with Crippen molar-refractivity contribution < 1.29 is 0 Å². The summed E-state index contributed by atoms with van der Waals surface area (Å²) in [6.45, 7) is 2.16. The molecule has 0 atom stereocenters. The Morgan fingerprint density at radius 1 is 1.23 bits per heavy atom. The van der Waals surface area contributed by atoms with E-state index in [4.69, 9.17) is 0 Å². The molecule has 0 heterocycles. The van der Waals surface area contributed by atoms with Crippen LogP contribution in [0.3, 0.4) is 0 Å². The largest absolute Gasteiger partial charge is 0.0762 e. The summed E-state index contributed by atoms with van der Waals surface area (Å²) in [6, 6.07) is 10.0. The molecule has 0 unspecified atom stereocenters. The van der Waals surface area contributed by atoms with E-state index >= 15 is 0 Å². The van der Waals surface area contributed by atoms with Crippen LogP contribution in [0.5, 0.6) is 0 Å². The van der Waals surface area contributed by atoms with Crippen molar-refractivity contribution in [2.75, 3.05) is 0 Å². The SMILES string of the molecule is CCC/C=C/C#Cc1ccccc1. The molecule has 1 rings (SSSR count). The number of rotatable bonds is 2. The third-order valence-electron chi connectivity index (χ3n) is 1.65. The lowest BCUT2D eigenvalue weighted by Gasteiger charge is -1.84. The maximum atomic E-state index is 3.07. The fraction of sp³-hybridized carbons (Fsp3) is 0.231. The van der Waals surface area contributed by atoms with Crippen molar-refractivity contribution in [1.29, 1.82) is 0 Å². The second kappa shape index (κ2) is 6.08. The molecule has 0 spiro atoms. The van der Waals surface area contributed by atoms with Crippen molar-refractivity contribution in [3.05, 3.63) is 48.0 Å². The first kappa shape index (κ1) is 9.61. The van der Waals surface area contributed by atoms with Gasteiger partial charge in [-0.2, -0.15) is 0 Å². The average Bonchev–Trinajstić information content (AvgIpc) is 2.19. The molecule has 66 valence electrons. The van der Waals surface area contributed by atoms with Crippen LogP contribution < -0.4 is 0 Å². The van der Waals surface area contributed by atoms with Gasteiger partial charge in [0, 0.05) is 5.56 Å². The lowest BCUT2D eigenvalue weighted by atomic mass is 10.2. The Morgan fingerprint density at radius 3 is 2.69 bits per heavy atom. The van der Waals surface area contributed by atoms with E-state index in [-0.39, 0.29) is 0 Å². The van der Waals surface area contributed by atoms with Gasteiger partial charge in [-0.15, -0.1) is 0 Å². The summed E-state index contributed by atoms with van der Waals surface area (Å²) in [5.74, 6) is 6.07. The molecule has 0 nitrogen and oxygen atoms in total. The lowest BCUT2D eigenvalue weighted by molar-refractivity contribution is 0.959. The molecule has 0 N–H and O–H groups in total. The van der Waals surface area contributed by atoms with E-state index in [0.717, 1.165) is 12.0 Å². The van der Waals surface area contributed by atoms with Crippen LogP contribution in [0, 0.1) is 11.8 Å². The summed E-state index contributed by atoms with van der Waals surface area (Å²) in [5, 5.41) is 0. The summed E-state index contributed by atoms with van der Waals surface area (Å²) >= 11 is 0. The van der Waals surface area contributed by atoms with Gasteiger partial charge >= 0.3 is 0 Å². The molecule has 0 radical (unpaired) electrons. The molecule has 0 heteroatoms. The fourth-order valence-electron chi connectivity index (χ4n) is 0.955. The Hall–Kier alpha value is -1.48. The molecular weight excluding hydrogens is 156 g/mol. The van der Waals surface area contributed by atoms with Crippen LogP contribution in [0.2, 0.25) is 0 Å². The maximum absolute atomic E-state index is 3.07. The molecule has 1 aromatic rings.